The minimum absolute atomic E-state index is 0.0661. The molecule has 0 saturated heterocycles. The zero-order chi connectivity index (χ0) is 19.6. The monoisotopic (exact) mass is 372 g/mol. The van der Waals surface area contributed by atoms with Crippen molar-refractivity contribution in [1.29, 1.82) is 0 Å². The molecule has 7 atom stereocenters. The Kier molecular flexibility index (Phi) is 4.29. The van der Waals surface area contributed by atoms with E-state index in [0.717, 1.165) is 19.3 Å². The van der Waals surface area contributed by atoms with Crippen molar-refractivity contribution in [1.82, 2.24) is 10.6 Å². The van der Waals surface area contributed by atoms with Crippen LogP contribution in [-0.2, 0) is 9.59 Å². The molecule has 0 bridgehead atoms. The third-order valence-corrected chi connectivity index (χ3v) is 8.50. The molecule has 4 heteroatoms. The Labute approximate surface area is 163 Å². The first kappa shape index (κ1) is 19.0. The molecule has 3 aliphatic carbocycles. The number of hydrogen-bond donors (Lipinski definition) is 2. The molecular weight excluding hydrogens is 336 g/mol. The molecule has 1 aliphatic heterocycles. The predicted octanol–water partition coefficient (Wildman–Crippen LogP) is 3.81. The van der Waals surface area contributed by atoms with Crippen molar-refractivity contribution in [3.8, 4) is 0 Å². The molecule has 0 aromatic carbocycles. The minimum Gasteiger partial charge on any atom is -0.351 e. The normalized spacial score (nSPS) is 46.1. The van der Waals surface area contributed by atoms with Gasteiger partial charge in [-0.25, -0.2) is 0 Å². The molecule has 2 N–H and O–H groups in total. The van der Waals surface area contributed by atoms with Crippen molar-refractivity contribution >= 4 is 11.8 Å². The highest BCUT2D eigenvalue weighted by atomic mass is 16.2. The van der Waals surface area contributed by atoms with Crippen LogP contribution in [0.1, 0.15) is 73.1 Å². The molecule has 6 unspecified atom stereocenters. The summed E-state index contributed by atoms with van der Waals surface area (Å²) in [5.74, 6) is 2.41. The fraction of sp³-hybridized carbons (Fsp3) is 0.826. The van der Waals surface area contributed by atoms with Crippen LogP contribution in [0.3, 0.4) is 0 Å². The maximum absolute atomic E-state index is 13.0. The lowest BCUT2D eigenvalue weighted by Crippen LogP contribution is -2.59. The van der Waals surface area contributed by atoms with Crippen molar-refractivity contribution in [2.75, 3.05) is 0 Å². The lowest BCUT2D eigenvalue weighted by molar-refractivity contribution is -0.135. The number of carbonyl (C=O) groups is 2. The minimum atomic E-state index is -0.167. The van der Waals surface area contributed by atoms with E-state index in [1.54, 1.807) is 6.08 Å². The molecule has 27 heavy (non-hydrogen) atoms. The summed E-state index contributed by atoms with van der Waals surface area (Å²) in [5, 5.41) is 6.48. The van der Waals surface area contributed by atoms with Crippen LogP contribution in [0.4, 0.5) is 0 Å². The largest absolute Gasteiger partial charge is 0.351 e. The summed E-state index contributed by atoms with van der Waals surface area (Å²) in [6, 6.07) is 0.280. The standard InChI is InChI=1S/C23H36N2O2/c1-21(2,3)25-20(27)17-8-7-15-14-6-9-18-23(5,13-11-19(26)24-18)16(14)10-12-22(15,17)4/h11,13-18H,6-10,12H2,1-5H3,(H,24,26)(H,25,27)/t14?,15?,16?,17?,18-,22?,23?/m1/s1. The second kappa shape index (κ2) is 6.09. The highest BCUT2D eigenvalue weighted by Gasteiger charge is 2.60. The van der Waals surface area contributed by atoms with Crippen LogP contribution in [0.5, 0.6) is 0 Å². The number of fused-ring (bicyclic) bond motifs is 5. The molecule has 150 valence electrons. The third kappa shape index (κ3) is 2.94. The Morgan fingerprint density at radius 3 is 2.56 bits per heavy atom. The lowest BCUT2D eigenvalue weighted by Gasteiger charge is -2.58. The van der Waals surface area contributed by atoms with Gasteiger partial charge in [0.1, 0.15) is 0 Å². The Morgan fingerprint density at radius 1 is 1.11 bits per heavy atom. The van der Waals surface area contributed by atoms with Gasteiger partial charge >= 0.3 is 0 Å². The highest BCUT2D eigenvalue weighted by molar-refractivity contribution is 5.89. The van der Waals surface area contributed by atoms with Crippen LogP contribution in [0.25, 0.3) is 0 Å². The Bertz CT molecular complexity index is 678. The van der Waals surface area contributed by atoms with E-state index in [9.17, 15) is 9.59 Å². The Morgan fingerprint density at radius 2 is 1.85 bits per heavy atom. The summed E-state index contributed by atoms with van der Waals surface area (Å²) in [4.78, 5) is 24.9. The molecule has 4 aliphatic rings. The van der Waals surface area contributed by atoms with Crippen molar-refractivity contribution in [3.05, 3.63) is 12.2 Å². The summed E-state index contributed by atoms with van der Waals surface area (Å²) < 4.78 is 0. The van der Waals surface area contributed by atoms with Crippen molar-refractivity contribution in [3.63, 3.8) is 0 Å². The number of hydrogen-bond acceptors (Lipinski definition) is 2. The first-order valence-corrected chi connectivity index (χ1v) is 10.9. The fourth-order valence-electron chi connectivity index (χ4n) is 7.22. The SMILES string of the molecule is CC(C)(C)NC(=O)C1CCC2C3CC[C@H]4NC(=O)C=CC4(C)C3CCC12C. The van der Waals surface area contributed by atoms with E-state index < -0.39 is 0 Å². The highest BCUT2D eigenvalue weighted by Crippen LogP contribution is 2.65. The smallest absolute Gasteiger partial charge is 0.243 e. The van der Waals surface area contributed by atoms with Gasteiger partial charge in [0.2, 0.25) is 11.8 Å². The van der Waals surface area contributed by atoms with Crippen LogP contribution < -0.4 is 10.6 Å². The van der Waals surface area contributed by atoms with E-state index in [-0.39, 0.29) is 40.1 Å². The summed E-state index contributed by atoms with van der Waals surface area (Å²) in [5.41, 5.74) is 0.0323. The number of carbonyl (C=O) groups excluding carboxylic acids is 2. The number of rotatable bonds is 1. The molecule has 1 heterocycles. The predicted molar refractivity (Wildman–Crippen MR) is 107 cm³/mol. The maximum atomic E-state index is 13.0. The number of nitrogens with one attached hydrogen (secondary N) is 2. The zero-order valence-electron chi connectivity index (χ0n) is 17.6. The van der Waals surface area contributed by atoms with Gasteiger partial charge in [-0.2, -0.15) is 0 Å². The fourth-order valence-corrected chi connectivity index (χ4v) is 7.22. The molecule has 0 radical (unpaired) electrons. The van der Waals surface area contributed by atoms with E-state index in [1.807, 2.05) is 0 Å². The van der Waals surface area contributed by atoms with Gasteiger partial charge in [-0.3, -0.25) is 9.59 Å². The van der Waals surface area contributed by atoms with E-state index in [2.05, 4.69) is 51.3 Å². The summed E-state index contributed by atoms with van der Waals surface area (Å²) in [6.07, 6.45) is 10.7. The second-order valence-electron chi connectivity index (χ2n) is 11.1. The van der Waals surface area contributed by atoms with Crippen molar-refractivity contribution in [2.45, 2.75) is 84.7 Å². The van der Waals surface area contributed by atoms with Crippen LogP contribution in [0.15, 0.2) is 12.2 Å². The summed E-state index contributed by atoms with van der Waals surface area (Å²) >= 11 is 0. The van der Waals surface area contributed by atoms with Gasteiger partial charge in [-0.15, -0.1) is 0 Å². The van der Waals surface area contributed by atoms with Gasteiger partial charge in [-0.1, -0.05) is 19.9 Å². The van der Waals surface area contributed by atoms with Gasteiger partial charge in [0.25, 0.3) is 0 Å². The molecule has 0 aromatic heterocycles. The molecular formula is C23H36N2O2. The van der Waals surface area contributed by atoms with E-state index in [0.29, 0.717) is 17.8 Å². The van der Waals surface area contributed by atoms with Crippen molar-refractivity contribution < 1.29 is 9.59 Å². The lowest BCUT2D eigenvalue weighted by atomic mass is 9.48. The average Bonchev–Trinajstić information content (AvgIpc) is 2.91. The van der Waals surface area contributed by atoms with Crippen molar-refractivity contribution in [2.24, 2.45) is 34.5 Å². The van der Waals surface area contributed by atoms with Gasteiger partial charge in [-0.05, 0) is 88.5 Å². The van der Waals surface area contributed by atoms with E-state index in [1.165, 1.54) is 19.3 Å². The quantitative estimate of drug-likeness (QED) is 0.735. The van der Waals surface area contributed by atoms with E-state index >= 15 is 0 Å². The van der Waals surface area contributed by atoms with Crippen LogP contribution in [-0.4, -0.2) is 23.4 Å². The van der Waals surface area contributed by atoms with Crippen LogP contribution >= 0.6 is 0 Å². The van der Waals surface area contributed by atoms with Gasteiger partial charge in [0.15, 0.2) is 0 Å². The topological polar surface area (TPSA) is 58.2 Å². The van der Waals surface area contributed by atoms with Gasteiger partial charge < -0.3 is 10.6 Å². The first-order chi connectivity index (χ1) is 12.5. The first-order valence-electron chi connectivity index (χ1n) is 10.9. The summed E-state index contributed by atoms with van der Waals surface area (Å²) in [6.45, 7) is 11.0. The second-order valence-corrected chi connectivity index (χ2v) is 11.1. The maximum Gasteiger partial charge on any atom is 0.243 e. The zero-order valence-corrected chi connectivity index (χ0v) is 17.6. The Hall–Kier alpha value is -1.32. The van der Waals surface area contributed by atoms with Crippen LogP contribution in [0, 0.1) is 34.5 Å². The molecule has 0 spiro atoms. The number of amides is 2. The Balaban J connectivity index is 1.58. The molecule has 4 nitrogen and oxygen atoms in total. The average molecular weight is 373 g/mol. The molecule has 2 amide bonds. The summed E-state index contributed by atoms with van der Waals surface area (Å²) in [7, 11) is 0. The van der Waals surface area contributed by atoms with Crippen LogP contribution in [0.2, 0.25) is 0 Å². The molecule has 0 aromatic rings. The molecule has 3 saturated carbocycles. The third-order valence-electron chi connectivity index (χ3n) is 8.50. The molecule has 3 fully saturated rings. The van der Waals surface area contributed by atoms with Gasteiger partial charge in [0.05, 0.1) is 0 Å². The van der Waals surface area contributed by atoms with E-state index in [4.69, 9.17) is 0 Å². The molecule has 4 rings (SSSR count). The van der Waals surface area contributed by atoms with Gasteiger partial charge in [0, 0.05) is 22.9 Å².